The Balaban J connectivity index is 4.53. The maximum Gasteiger partial charge on any atom is 0.375 e. The SMILES string of the molecule is CC(=O)N[C@@H](CSCC(=O)C(=O)OC(CO[N+](=O)[O-])CO[N+](=O)[O-])C(=O)O. The molecule has 0 rings (SSSR count). The monoisotopic (exact) mass is 413 g/mol. The minimum atomic E-state index is -1.60. The Morgan fingerprint density at radius 2 is 1.63 bits per heavy atom. The van der Waals surface area contributed by atoms with Crippen LogP contribution in [0.4, 0.5) is 0 Å². The minimum Gasteiger partial charge on any atom is -0.480 e. The molecule has 1 atom stereocenters. The molecular weight excluding hydrogens is 398 g/mol. The molecule has 0 spiro atoms. The summed E-state index contributed by atoms with van der Waals surface area (Å²) in [5, 5.41) is 28.8. The summed E-state index contributed by atoms with van der Waals surface area (Å²) in [6.07, 6.45) is -1.60. The number of ether oxygens (including phenoxy) is 1. The molecule has 0 fully saturated rings. The number of rotatable bonds is 14. The van der Waals surface area contributed by atoms with Crippen molar-refractivity contribution in [2.45, 2.75) is 19.1 Å². The number of hydrogen-bond acceptors (Lipinski definition) is 12. The van der Waals surface area contributed by atoms with E-state index >= 15 is 0 Å². The van der Waals surface area contributed by atoms with Gasteiger partial charge < -0.3 is 24.8 Å². The van der Waals surface area contributed by atoms with Crippen LogP contribution < -0.4 is 5.32 Å². The van der Waals surface area contributed by atoms with Gasteiger partial charge in [0.25, 0.3) is 10.2 Å². The Hall–Kier alpha value is -3.17. The van der Waals surface area contributed by atoms with E-state index in [0.29, 0.717) is 11.8 Å². The number of nitrogens with one attached hydrogen (secondary N) is 1. The van der Waals surface area contributed by atoms with E-state index in [4.69, 9.17) is 5.11 Å². The third kappa shape index (κ3) is 11.9. The van der Waals surface area contributed by atoms with Crippen molar-refractivity contribution in [2.24, 2.45) is 0 Å². The molecule has 0 radical (unpaired) electrons. The molecular formula is C11H15N3O12S. The van der Waals surface area contributed by atoms with Gasteiger partial charge in [0, 0.05) is 12.7 Å². The molecule has 16 heteroatoms. The standard InChI is InChI=1S/C11H15N3O12S/c1-6(15)12-8(10(17)18)4-27-5-9(16)11(19)26-7(2-24-13(20)21)3-25-14(22)23/h7-8H,2-5H2,1H3,(H,12,15)(H,17,18)/t8-/m0/s1. The molecule has 0 aliphatic carbocycles. The lowest BCUT2D eigenvalue weighted by Gasteiger charge is -2.15. The molecule has 15 nitrogen and oxygen atoms in total. The van der Waals surface area contributed by atoms with Crippen molar-refractivity contribution in [1.29, 1.82) is 0 Å². The van der Waals surface area contributed by atoms with Crippen LogP contribution in [-0.2, 0) is 33.6 Å². The van der Waals surface area contributed by atoms with E-state index in [1.165, 1.54) is 0 Å². The lowest BCUT2D eigenvalue weighted by molar-refractivity contribution is -0.768. The Labute approximate surface area is 154 Å². The number of Topliss-reactive ketones (excluding diaryl/α,β-unsaturated/α-hetero) is 1. The first-order valence-electron chi connectivity index (χ1n) is 6.89. The summed E-state index contributed by atoms with van der Waals surface area (Å²) >= 11 is 0.707. The highest BCUT2D eigenvalue weighted by Gasteiger charge is 2.25. The molecule has 27 heavy (non-hydrogen) atoms. The second-order valence-electron chi connectivity index (χ2n) is 4.60. The Kier molecular flexibility index (Phi) is 10.8. The number of carboxylic acid groups (broad SMARTS) is 1. The van der Waals surface area contributed by atoms with Crippen LogP contribution in [0.15, 0.2) is 0 Å². The van der Waals surface area contributed by atoms with Gasteiger partial charge in [-0.3, -0.25) is 9.59 Å². The molecule has 0 aromatic carbocycles. The van der Waals surface area contributed by atoms with Gasteiger partial charge >= 0.3 is 11.9 Å². The van der Waals surface area contributed by atoms with Gasteiger partial charge in [-0.05, 0) is 0 Å². The third-order valence-corrected chi connectivity index (χ3v) is 3.46. The Bertz CT molecular complexity index is 579. The molecule has 0 saturated carbocycles. The topological polar surface area (TPSA) is 215 Å². The Morgan fingerprint density at radius 1 is 1.11 bits per heavy atom. The van der Waals surface area contributed by atoms with Gasteiger partial charge in [-0.2, -0.15) is 11.8 Å². The summed E-state index contributed by atoms with van der Waals surface area (Å²) in [7, 11) is 0. The summed E-state index contributed by atoms with van der Waals surface area (Å²) in [4.78, 5) is 73.1. The van der Waals surface area contributed by atoms with Gasteiger partial charge in [0.05, 0.1) is 5.75 Å². The number of hydrogen-bond donors (Lipinski definition) is 2. The highest BCUT2D eigenvalue weighted by molar-refractivity contribution is 8.00. The van der Waals surface area contributed by atoms with Crippen LogP contribution in [0.25, 0.3) is 0 Å². The van der Waals surface area contributed by atoms with Gasteiger partial charge in [0.15, 0.2) is 0 Å². The number of carbonyl (C=O) groups is 4. The first-order valence-corrected chi connectivity index (χ1v) is 8.04. The van der Waals surface area contributed by atoms with Crippen LogP contribution in [-0.4, -0.2) is 75.8 Å². The lowest BCUT2D eigenvalue weighted by atomic mass is 10.3. The number of carbonyl (C=O) groups excluding carboxylic acids is 3. The molecule has 0 aliphatic rings. The summed E-state index contributed by atoms with van der Waals surface area (Å²) in [6.45, 7) is -0.712. The van der Waals surface area contributed by atoms with Crippen LogP contribution >= 0.6 is 11.8 Å². The summed E-state index contributed by atoms with van der Waals surface area (Å²) in [5.74, 6) is -5.32. The molecule has 0 aliphatic heterocycles. The zero-order chi connectivity index (χ0) is 21.0. The first-order chi connectivity index (χ1) is 12.5. The van der Waals surface area contributed by atoms with Crippen molar-refractivity contribution in [3.63, 3.8) is 0 Å². The van der Waals surface area contributed by atoms with Crippen molar-refractivity contribution in [1.82, 2.24) is 5.32 Å². The summed E-state index contributed by atoms with van der Waals surface area (Å²) < 4.78 is 4.54. The highest BCUT2D eigenvalue weighted by atomic mass is 32.2. The number of thioether (sulfide) groups is 1. The van der Waals surface area contributed by atoms with E-state index < -0.39 is 64.9 Å². The van der Waals surface area contributed by atoms with Crippen molar-refractivity contribution >= 4 is 35.4 Å². The van der Waals surface area contributed by atoms with Gasteiger partial charge in [-0.1, -0.05) is 0 Å². The van der Waals surface area contributed by atoms with Gasteiger partial charge in [-0.25, -0.2) is 9.59 Å². The number of aliphatic carboxylic acids is 1. The number of ketones is 1. The average Bonchev–Trinajstić information content (AvgIpc) is 2.55. The number of amides is 1. The van der Waals surface area contributed by atoms with Crippen molar-refractivity contribution in [3.05, 3.63) is 20.2 Å². The van der Waals surface area contributed by atoms with Crippen molar-refractivity contribution < 1.29 is 48.9 Å². The maximum atomic E-state index is 11.6. The fourth-order valence-electron chi connectivity index (χ4n) is 1.37. The summed E-state index contributed by atoms with van der Waals surface area (Å²) in [5.41, 5.74) is 0. The second kappa shape index (κ2) is 12.2. The average molecular weight is 413 g/mol. The number of nitrogens with zero attached hydrogens (tertiary/aromatic N) is 2. The quantitative estimate of drug-likeness (QED) is 0.139. The highest BCUT2D eigenvalue weighted by Crippen LogP contribution is 2.06. The van der Waals surface area contributed by atoms with E-state index in [9.17, 15) is 39.4 Å². The largest absolute Gasteiger partial charge is 0.480 e. The van der Waals surface area contributed by atoms with Gasteiger partial charge in [0.2, 0.25) is 11.7 Å². The van der Waals surface area contributed by atoms with E-state index in [2.05, 4.69) is 19.7 Å². The molecule has 0 aromatic heterocycles. The molecule has 0 unspecified atom stereocenters. The van der Waals surface area contributed by atoms with Crippen LogP contribution in [0.2, 0.25) is 0 Å². The number of carboxylic acids is 1. The second-order valence-corrected chi connectivity index (χ2v) is 5.63. The molecule has 0 saturated heterocycles. The van der Waals surface area contributed by atoms with E-state index in [1.807, 2.05) is 0 Å². The molecule has 1 amide bonds. The lowest BCUT2D eigenvalue weighted by Crippen LogP contribution is -2.41. The molecule has 0 aromatic rings. The number of esters is 1. The molecule has 0 bridgehead atoms. The summed E-state index contributed by atoms with van der Waals surface area (Å²) in [6, 6.07) is -1.29. The smallest absolute Gasteiger partial charge is 0.375 e. The first kappa shape index (κ1) is 23.8. The minimum absolute atomic E-state index is 0.230. The van der Waals surface area contributed by atoms with Crippen molar-refractivity contribution in [3.8, 4) is 0 Å². The zero-order valence-corrected chi connectivity index (χ0v) is 14.5. The predicted molar refractivity (Wildman–Crippen MR) is 83.3 cm³/mol. The van der Waals surface area contributed by atoms with Crippen LogP contribution in [0.5, 0.6) is 0 Å². The van der Waals surface area contributed by atoms with Crippen LogP contribution in [0.3, 0.4) is 0 Å². The van der Waals surface area contributed by atoms with Crippen molar-refractivity contribution in [2.75, 3.05) is 24.7 Å². The molecule has 0 heterocycles. The van der Waals surface area contributed by atoms with Crippen LogP contribution in [0.1, 0.15) is 6.92 Å². The van der Waals surface area contributed by atoms with Gasteiger partial charge in [-0.15, -0.1) is 20.2 Å². The van der Waals surface area contributed by atoms with Gasteiger partial charge in [0.1, 0.15) is 25.4 Å². The van der Waals surface area contributed by atoms with E-state index in [1.54, 1.807) is 0 Å². The normalized spacial score (nSPS) is 11.2. The van der Waals surface area contributed by atoms with E-state index in [0.717, 1.165) is 6.92 Å². The fourth-order valence-corrected chi connectivity index (χ4v) is 2.25. The maximum absolute atomic E-state index is 11.6. The molecule has 152 valence electrons. The fraction of sp³-hybridized carbons (Fsp3) is 0.636. The third-order valence-electron chi connectivity index (χ3n) is 2.43. The molecule has 2 N–H and O–H groups in total. The van der Waals surface area contributed by atoms with E-state index in [-0.39, 0.29) is 5.75 Å². The van der Waals surface area contributed by atoms with Crippen LogP contribution in [0, 0.1) is 20.2 Å². The zero-order valence-electron chi connectivity index (χ0n) is 13.7. The predicted octanol–water partition coefficient (Wildman–Crippen LogP) is -1.79. The Morgan fingerprint density at radius 3 is 2.04 bits per heavy atom.